The Morgan fingerprint density at radius 3 is 3.00 bits per heavy atom. The van der Waals surface area contributed by atoms with Crippen molar-refractivity contribution in [3.05, 3.63) is 30.7 Å². The zero-order chi connectivity index (χ0) is 11.2. The van der Waals surface area contributed by atoms with Gasteiger partial charge in [-0.05, 0) is 6.42 Å². The molecular weight excluding hydrogens is 206 g/mol. The summed E-state index contributed by atoms with van der Waals surface area (Å²) < 4.78 is 0. The minimum atomic E-state index is -0.296. The minimum Gasteiger partial charge on any atom is -0.290 e. The first kappa shape index (κ1) is 10.6. The van der Waals surface area contributed by atoms with Crippen LogP contribution < -0.4 is 10.7 Å². The lowest BCUT2D eigenvalue weighted by molar-refractivity contribution is 0.195. The molecule has 1 aliphatic heterocycles. The molecule has 0 aromatic carbocycles. The van der Waals surface area contributed by atoms with Crippen molar-refractivity contribution in [2.24, 2.45) is 0 Å². The van der Waals surface area contributed by atoms with E-state index in [1.54, 1.807) is 6.20 Å². The standard InChI is InChI=1S/C10H13N5O/c16-10(13-9-8-11-4-5-12-9)14-15-6-2-1-3-7-15/h1-2,4-5,8H,3,6-7H2,(H2,12,13,14,16). The van der Waals surface area contributed by atoms with Gasteiger partial charge < -0.3 is 0 Å². The molecule has 0 fully saturated rings. The summed E-state index contributed by atoms with van der Waals surface area (Å²) in [5, 5.41) is 4.44. The van der Waals surface area contributed by atoms with Crippen LogP contribution >= 0.6 is 0 Å². The molecule has 0 unspecified atom stereocenters. The Bertz CT molecular complexity index is 378. The van der Waals surface area contributed by atoms with Crippen LogP contribution in [0.1, 0.15) is 6.42 Å². The number of hydrogen-bond donors (Lipinski definition) is 2. The second-order valence-corrected chi connectivity index (χ2v) is 3.36. The van der Waals surface area contributed by atoms with E-state index in [-0.39, 0.29) is 6.03 Å². The molecule has 1 aromatic rings. The number of hydrazine groups is 1. The maximum absolute atomic E-state index is 11.5. The monoisotopic (exact) mass is 219 g/mol. The van der Waals surface area contributed by atoms with E-state index in [9.17, 15) is 4.79 Å². The zero-order valence-corrected chi connectivity index (χ0v) is 8.76. The number of urea groups is 1. The number of amides is 2. The van der Waals surface area contributed by atoms with Crippen molar-refractivity contribution in [3.63, 3.8) is 0 Å². The van der Waals surface area contributed by atoms with Gasteiger partial charge >= 0.3 is 6.03 Å². The number of nitrogens with zero attached hydrogens (tertiary/aromatic N) is 3. The van der Waals surface area contributed by atoms with Crippen LogP contribution in [-0.4, -0.2) is 34.1 Å². The first-order valence-corrected chi connectivity index (χ1v) is 5.08. The van der Waals surface area contributed by atoms with Crippen LogP contribution in [0.15, 0.2) is 30.7 Å². The number of carbonyl (C=O) groups is 1. The quantitative estimate of drug-likeness (QED) is 0.721. The van der Waals surface area contributed by atoms with Crippen LogP contribution in [0.2, 0.25) is 0 Å². The maximum Gasteiger partial charge on any atom is 0.334 e. The van der Waals surface area contributed by atoms with Gasteiger partial charge in [-0.2, -0.15) is 0 Å². The number of nitrogens with one attached hydrogen (secondary N) is 2. The molecule has 0 saturated heterocycles. The second-order valence-electron chi connectivity index (χ2n) is 3.36. The Morgan fingerprint density at radius 2 is 2.31 bits per heavy atom. The molecule has 16 heavy (non-hydrogen) atoms. The first-order chi connectivity index (χ1) is 7.84. The van der Waals surface area contributed by atoms with E-state index < -0.39 is 0 Å². The Balaban J connectivity index is 1.82. The van der Waals surface area contributed by atoms with E-state index in [1.165, 1.54) is 12.4 Å². The lowest BCUT2D eigenvalue weighted by atomic mass is 10.3. The van der Waals surface area contributed by atoms with Gasteiger partial charge in [0.15, 0.2) is 5.82 Å². The molecule has 2 amide bonds. The molecule has 1 aliphatic rings. The predicted octanol–water partition coefficient (Wildman–Crippen LogP) is 0.775. The van der Waals surface area contributed by atoms with Gasteiger partial charge in [-0.3, -0.25) is 15.7 Å². The summed E-state index contributed by atoms with van der Waals surface area (Å²) in [6, 6.07) is -0.296. The number of rotatable bonds is 2. The normalized spacial score (nSPS) is 15.8. The highest BCUT2D eigenvalue weighted by atomic mass is 16.2. The summed E-state index contributed by atoms with van der Waals surface area (Å²) in [6.45, 7) is 1.55. The topological polar surface area (TPSA) is 70.1 Å². The Kier molecular flexibility index (Phi) is 3.45. The number of anilines is 1. The summed E-state index contributed by atoms with van der Waals surface area (Å²) in [4.78, 5) is 19.3. The van der Waals surface area contributed by atoms with Gasteiger partial charge in [0.25, 0.3) is 0 Å². The largest absolute Gasteiger partial charge is 0.334 e. The number of aromatic nitrogens is 2. The molecular formula is C10H13N5O. The van der Waals surface area contributed by atoms with Crippen molar-refractivity contribution < 1.29 is 4.79 Å². The van der Waals surface area contributed by atoms with Crippen molar-refractivity contribution in [2.75, 3.05) is 18.4 Å². The van der Waals surface area contributed by atoms with Crippen molar-refractivity contribution in [1.82, 2.24) is 20.4 Å². The van der Waals surface area contributed by atoms with Gasteiger partial charge in [-0.25, -0.2) is 14.8 Å². The van der Waals surface area contributed by atoms with Gasteiger partial charge in [0, 0.05) is 25.5 Å². The van der Waals surface area contributed by atoms with E-state index in [0.717, 1.165) is 19.5 Å². The molecule has 0 radical (unpaired) electrons. The number of carbonyl (C=O) groups excluding carboxylic acids is 1. The van der Waals surface area contributed by atoms with E-state index in [4.69, 9.17) is 0 Å². The van der Waals surface area contributed by atoms with Gasteiger partial charge in [-0.1, -0.05) is 12.2 Å². The van der Waals surface area contributed by atoms with Crippen molar-refractivity contribution in [3.8, 4) is 0 Å². The average molecular weight is 219 g/mol. The fourth-order valence-electron chi connectivity index (χ4n) is 1.39. The molecule has 6 nitrogen and oxygen atoms in total. The molecule has 2 heterocycles. The van der Waals surface area contributed by atoms with Crippen LogP contribution in [0.3, 0.4) is 0 Å². The third-order valence-corrected chi connectivity index (χ3v) is 2.12. The summed E-state index contributed by atoms with van der Waals surface area (Å²) in [5.74, 6) is 0.438. The van der Waals surface area contributed by atoms with Crippen LogP contribution in [-0.2, 0) is 0 Å². The van der Waals surface area contributed by atoms with Gasteiger partial charge in [0.1, 0.15) is 0 Å². The highest BCUT2D eigenvalue weighted by molar-refractivity contribution is 5.87. The Labute approximate surface area is 93.4 Å². The molecule has 0 aliphatic carbocycles. The molecule has 84 valence electrons. The smallest absolute Gasteiger partial charge is 0.290 e. The molecule has 2 rings (SSSR count). The third kappa shape index (κ3) is 3.03. The summed E-state index contributed by atoms with van der Waals surface area (Å²) in [7, 11) is 0. The number of hydrogen-bond acceptors (Lipinski definition) is 4. The van der Waals surface area contributed by atoms with E-state index in [0.29, 0.717) is 5.82 Å². The Morgan fingerprint density at radius 1 is 1.38 bits per heavy atom. The lowest BCUT2D eigenvalue weighted by Gasteiger charge is -2.23. The molecule has 6 heteroatoms. The fourth-order valence-corrected chi connectivity index (χ4v) is 1.39. The molecule has 0 bridgehead atoms. The average Bonchev–Trinajstić information content (AvgIpc) is 2.31. The summed E-state index contributed by atoms with van der Waals surface area (Å²) >= 11 is 0. The summed E-state index contributed by atoms with van der Waals surface area (Å²) in [6.07, 6.45) is 9.64. The lowest BCUT2D eigenvalue weighted by Crippen LogP contribution is -2.45. The maximum atomic E-state index is 11.5. The zero-order valence-electron chi connectivity index (χ0n) is 8.76. The van der Waals surface area contributed by atoms with E-state index >= 15 is 0 Å². The highest BCUT2D eigenvalue weighted by Gasteiger charge is 2.09. The van der Waals surface area contributed by atoms with Gasteiger partial charge in [0.2, 0.25) is 0 Å². The molecule has 1 aromatic heterocycles. The highest BCUT2D eigenvalue weighted by Crippen LogP contribution is 1.99. The second kappa shape index (κ2) is 5.22. The van der Waals surface area contributed by atoms with Crippen LogP contribution in [0, 0.1) is 0 Å². The van der Waals surface area contributed by atoms with Crippen molar-refractivity contribution >= 4 is 11.8 Å². The molecule has 0 saturated carbocycles. The third-order valence-electron chi connectivity index (χ3n) is 2.12. The minimum absolute atomic E-state index is 0.296. The Hall–Kier alpha value is -1.95. The molecule has 0 atom stereocenters. The summed E-state index contributed by atoms with van der Waals surface area (Å²) in [5.41, 5.74) is 2.73. The van der Waals surface area contributed by atoms with Crippen LogP contribution in [0.25, 0.3) is 0 Å². The molecule has 0 spiro atoms. The van der Waals surface area contributed by atoms with Crippen LogP contribution in [0.4, 0.5) is 10.6 Å². The van der Waals surface area contributed by atoms with Gasteiger partial charge in [0.05, 0.1) is 6.20 Å². The van der Waals surface area contributed by atoms with E-state index in [1.807, 2.05) is 11.1 Å². The first-order valence-electron chi connectivity index (χ1n) is 5.08. The van der Waals surface area contributed by atoms with Crippen molar-refractivity contribution in [1.29, 1.82) is 0 Å². The van der Waals surface area contributed by atoms with Gasteiger partial charge in [-0.15, -0.1) is 0 Å². The fraction of sp³-hybridized carbons (Fsp3) is 0.300. The van der Waals surface area contributed by atoms with E-state index in [2.05, 4.69) is 26.8 Å². The predicted molar refractivity (Wildman–Crippen MR) is 59.5 cm³/mol. The van der Waals surface area contributed by atoms with Crippen molar-refractivity contribution in [2.45, 2.75) is 6.42 Å². The molecule has 2 N–H and O–H groups in total. The SMILES string of the molecule is O=C(Nc1cnccn1)NN1CC=CCC1. The van der Waals surface area contributed by atoms with Crippen LogP contribution in [0.5, 0.6) is 0 Å².